The van der Waals surface area contributed by atoms with Crippen molar-refractivity contribution in [2.45, 2.75) is 12.5 Å². The number of aliphatic hydroxyl groups is 1. The van der Waals surface area contributed by atoms with Crippen LogP contribution in [0.2, 0.25) is 4.34 Å². The minimum atomic E-state index is -1.78. The van der Waals surface area contributed by atoms with Crippen molar-refractivity contribution in [1.29, 1.82) is 0 Å². The molecule has 0 aliphatic rings. The number of hydrogen-bond donors (Lipinski definition) is 2. The zero-order chi connectivity index (χ0) is 11.5. The van der Waals surface area contributed by atoms with E-state index in [0.717, 1.165) is 11.3 Å². The first-order valence-electron chi connectivity index (χ1n) is 4.40. The summed E-state index contributed by atoms with van der Waals surface area (Å²) in [6.07, 6.45) is 0. The summed E-state index contributed by atoms with van der Waals surface area (Å²) in [6, 6.07) is 3.16. The zero-order valence-corrected chi connectivity index (χ0v) is 9.77. The Kier molecular flexibility index (Phi) is 4.10. The van der Waals surface area contributed by atoms with E-state index in [4.69, 9.17) is 22.1 Å². The highest BCUT2D eigenvalue weighted by atomic mass is 35.5. The molecular weight excluding hydrogens is 238 g/mol. The fourth-order valence-electron chi connectivity index (χ4n) is 1.07. The number of nitrogens with two attached hydrogens (primary N) is 1. The smallest absolute Gasteiger partial charge is 0.345 e. The highest BCUT2D eigenvalue weighted by Crippen LogP contribution is 2.31. The summed E-state index contributed by atoms with van der Waals surface area (Å²) in [5.74, 6) is -0.744. The summed E-state index contributed by atoms with van der Waals surface area (Å²) in [5.41, 5.74) is 3.61. The largest absolute Gasteiger partial charge is 0.464 e. The third-order valence-corrected chi connectivity index (χ3v) is 3.27. The molecule has 0 spiro atoms. The molecule has 1 aromatic rings. The maximum atomic E-state index is 11.5. The molecule has 0 bridgehead atoms. The number of halogens is 1. The van der Waals surface area contributed by atoms with E-state index in [1.54, 1.807) is 19.1 Å². The van der Waals surface area contributed by atoms with E-state index in [1.165, 1.54) is 0 Å². The van der Waals surface area contributed by atoms with Crippen LogP contribution in [0.1, 0.15) is 11.8 Å². The van der Waals surface area contributed by atoms with Gasteiger partial charge >= 0.3 is 5.97 Å². The van der Waals surface area contributed by atoms with Gasteiger partial charge in [0, 0.05) is 6.54 Å². The minimum absolute atomic E-state index is 0.195. The van der Waals surface area contributed by atoms with Crippen LogP contribution in [0.15, 0.2) is 12.1 Å². The first-order valence-corrected chi connectivity index (χ1v) is 5.59. The summed E-state index contributed by atoms with van der Waals surface area (Å²) in [6.45, 7) is 1.62. The minimum Gasteiger partial charge on any atom is -0.464 e. The highest BCUT2D eigenvalue weighted by molar-refractivity contribution is 7.16. The van der Waals surface area contributed by atoms with E-state index >= 15 is 0 Å². The lowest BCUT2D eigenvalue weighted by Crippen LogP contribution is -2.43. The van der Waals surface area contributed by atoms with Crippen LogP contribution in [0.4, 0.5) is 0 Å². The number of rotatable bonds is 4. The summed E-state index contributed by atoms with van der Waals surface area (Å²) < 4.78 is 5.24. The Labute approximate surface area is 96.6 Å². The Morgan fingerprint density at radius 1 is 1.73 bits per heavy atom. The van der Waals surface area contributed by atoms with Crippen molar-refractivity contribution in [2.24, 2.45) is 5.73 Å². The number of ether oxygens (including phenoxy) is 1. The van der Waals surface area contributed by atoms with Crippen molar-refractivity contribution in [3.05, 3.63) is 21.3 Å². The second-order valence-corrected chi connectivity index (χ2v) is 4.60. The first-order chi connectivity index (χ1) is 7.04. The fourth-order valence-corrected chi connectivity index (χ4v) is 2.20. The van der Waals surface area contributed by atoms with Crippen LogP contribution in [0.3, 0.4) is 0 Å². The zero-order valence-electron chi connectivity index (χ0n) is 8.20. The molecule has 0 radical (unpaired) electrons. The molecule has 0 aromatic carbocycles. The number of hydrogen-bond acceptors (Lipinski definition) is 5. The summed E-state index contributed by atoms with van der Waals surface area (Å²) in [4.78, 5) is 11.9. The molecule has 0 aliphatic heterocycles. The van der Waals surface area contributed by atoms with Crippen molar-refractivity contribution >= 4 is 28.9 Å². The molecule has 1 aromatic heterocycles. The molecule has 84 valence electrons. The summed E-state index contributed by atoms with van der Waals surface area (Å²) >= 11 is 6.83. The third-order valence-electron chi connectivity index (χ3n) is 1.89. The second kappa shape index (κ2) is 4.94. The van der Waals surface area contributed by atoms with Gasteiger partial charge in [-0.15, -0.1) is 11.3 Å². The van der Waals surface area contributed by atoms with Crippen LogP contribution in [0.25, 0.3) is 0 Å². The molecule has 1 heterocycles. The van der Waals surface area contributed by atoms with E-state index in [9.17, 15) is 9.90 Å². The molecule has 0 saturated heterocycles. The van der Waals surface area contributed by atoms with Gasteiger partial charge in [0.15, 0.2) is 0 Å². The van der Waals surface area contributed by atoms with Crippen LogP contribution in [0.5, 0.6) is 0 Å². The Hall–Kier alpha value is -0.620. The van der Waals surface area contributed by atoms with Gasteiger partial charge in [-0.05, 0) is 19.1 Å². The van der Waals surface area contributed by atoms with Crippen LogP contribution >= 0.6 is 22.9 Å². The van der Waals surface area contributed by atoms with Crippen LogP contribution in [-0.4, -0.2) is 24.2 Å². The number of thiophene rings is 1. The normalized spacial score (nSPS) is 14.7. The monoisotopic (exact) mass is 249 g/mol. The molecule has 0 fully saturated rings. The van der Waals surface area contributed by atoms with E-state index in [1.807, 2.05) is 0 Å². The molecule has 4 nitrogen and oxygen atoms in total. The molecule has 1 atom stereocenters. The second-order valence-electron chi connectivity index (χ2n) is 2.89. The third kappa shape index (κ3) is 2.49. The van der Waals surface area contributed by atoms with Gasteiger partial charge in [-0.3, -0.25) is 0 Å². The van der Waals surface area contributed by atoms with Crippen LogP contribution in [-0.2, 0) is 15.1 Å². The Bertz CT molecular complexity index is 355. The van der Waals surface area contributed by atoms with Gasteiger partial charge in [-0.1, -0.05) is 11.6 Å². The van der Waals surface area contributed by atoms with Crippen molar-refractivity contribution in [3.8, 4) is 0 Å². The van der Waals surface area contributed by atoms with E-state index in [0.29, 0.717) is 9.21 Å². The lowest BCUT2D eigenvalue weighted by molar-refractivity contribution is -0.164. The van der Waals surface area contributed by atoms with E-state index < -0.39 is 11.6 Å². The lowest BCUT2D eigenvalue weighted by Gasteiger charge is -2.22. The van der Waals surface area contributed by atoms with Gasteiger partial charge in [0.05, 0.1) is 15.8 Å². The fraction of sp³-hybridized carbons (Fsp3) is 0.444. The standard InChI is InChI=1S/C9H12ClNO3S/c1-2-14-8(12)9(13,5-11)6-3-4-7(10)15-6/h3-4,13H,2,5,11H2,1H3. The van der Waals surface area contributed by atoms with Crippen LogP contribution < -0.4 is 5.73 Å². The lowest BCUT2D eigenvalue weighted by atomic mass is 10.0. The van der Waals surface area contributed by atoms with Gasteiger partial charge in [0.2, 0.25) is 5.60 Å². The number of esters is 1. The molecule has 1 rings (SSSR count). The first kappa shape index (κ1) is 12.4. The van der Waals surface area contributed by atoms with Gasteiger partial charge in [0.25, 0.3) is 0 Å². The van der Waals surface area contributed by atoms with E-state index in [-0.39, 0.29) is 13.2 Å². The molecule has 0 saturated carbocycles. The topological polar surface area (TPSA) is 72.5 Å². The number of carbonyl (C=O) groups is 1. The maximum Gasteiger partial charge on any atom is 0.345 e. The van der Waals surface area contributed by atoms with Gasteiger partial charge < -0.3 is 15.6 Å². The quantitative estimate of drug-likeness (QED) is 0.784. The number of carbonyl (C=O) groups excluding carboxylic acids is 1. The predicted molar refractivity (Wildman–Crippen MR) is 58.9 cm³/mol. The molecule has 0 amide bonds. The van der Waals surface area contributed by atoms with Crippen molar-refractivity contribution < 1.29 is 14.6 Å². The van der Waals surface area contributed by atoms with Gasteiger partial charge in [-0.2, -0.15) is 0 Å². The van der Waals surface area contributed by atoms with Crippen molar-refractivity contribution in [3.63, 3.8) is 0 Å². The summed E-state index contributed by atoms with van der Waals surface area (Å²) in [5, 5.41) is 10.1. The Balaban J connectivity index is 2.99. The van der Waals surface area contributed by atoms with E-state index in [2.05, 4.69) is 0 Å². The SMILES string of the molecule is CCOC(=O)C(O)(CN)c1ccc(Cl)s1. The molecule has 0 aliphatic carbocycles. The van der Waals surface area contributed by atoms with Crippen molar-refractivity contribution in [1.82, 2.24) is 0 Å². The average molecular weight is 250 g/mol. The average Bonchev–Trinajstić information content (AvgIpc) is 2.64. The highest BCUT2D eigenvalue weighted by Gasteiger charge is 2.39. The predicted octanol–water partition coefficient (Wildman–Crippen LogP) is 1.11. The maximum absolute atomic E-state index is 11.5. The Morgan fingerprint density at radius 2 is 2.40 bits per heavy atom. The summed E-state index contributed by atoms with van der Waals surface area (Å²) in [7, 11) is 0. The van der Waals surface area contributed by atoms with Gasteiger partial charge in [-0.25, -0.2) is 4.79 Å². The molecular formula is C9H12ClNO3S. The van der Waals surface area contributed by atoms with Crippen LogP contribution in [0, 0.1) is 0 Å². The van der Waals surface area contributed by atoms with Crippen molar-refractivity contribution in [2.75, 3.05) is 13.2 Å². The van der Waals surface area contributed by atoms with Gasteiger partial charge in [0.1, 0.15) is 0 Å². The molecule has 6 heteroatoms. The molecule has 3 N–H and O–H groups in total. The molecule has 1 unspecified atom stereocenters. The Morgan fingerprint density at radius 3 is 2.80 bits per heavy atom. The molecule has 15 heavy (non-hydrogen) atoms.